The highest BCUT2D eigenvalue weighted by Crippen LogP contribution is 2.69. The molecule has 1 heteroatoms. The molecule has 0 N–H and O–H groups in total. The summed E-state index contributed by atoms with van der Waals surface area (Å²) >= 11 is 0. The van der Waals surface area contributed by atoms with E-state index < -0.39 is 0 Å². The van der Waals surface area contributed by atoms with Gasteiger partial charge in [-0.05, 0) is 49.4 Å². The Labute approximate surface area is 83.8 Å². The van der Waals surface area contributed by atoms with E-state index in [1.165, 1.54) is 23.7 Å². The standard InChI is InChI=1S/C12H19S/c1-12(2)11-7-3-4-8(11)10-6-13(12)5-9(7)10/h7-11H,3-6H2,1-2H3/q+1/t7-,8-,9-,10-,11?,13?/m1/s1. The molecule has 5 rings (SSSR count). The summed E-state index contributed by atoms with van der Waals surface area (Å²) in [5.41, 5.74) is 0. The van der Waals surface area contributed by atoms with Gasteiger partial charge in [0, 0.05) is 17.8 Å². The van der Waals surface area contributed by atoms with E-state index in [1.807, 2.05) is 0 Å². The monoisotopic (exact) mass is 195 g/mol. The molecule has 0 aromatic rings. The van der Waals surface area contributed by atoms with Crippen LogP contribution >= 0.6 is 0 Å². The van der Waals surface area contributed by atoms with Crippen LogP contribution in [0.15, 0.2) is 0 Å². The first-order valence-corrected chi connectivity index (χ1v) is 7.43. The maximum Gasteiger partial charge on any atom is 0.126 e. The van der Waals surface area contributed by atoms with Gasteiger partial charge in [0.1, 0.15) is 16.3 Å². The Morgan fingerprint density at radius 3 is 2.00 bits per heavy atom. The van der Waals surface area contributed by atoms with Crippen LogP contribution in [0.25, 0.3) is 0 Å². The zero-order valence-electron chi connectivity index (χ0n) is 8.62. The summed E-state index contributed by atoms with van der Waals surface area (Å²) in [6, 6.07) is 0. The predicted octanol–water partition coefficient (Wildman–Crippen LogP) is 2.30. The molecule has 0 aromatic carbocycles. The normalized spacial score (nSPS) is 65.1. The van der Waals surface area contributed by atoms with Crippen LogP contribution in [-0.2, 0) is 10.9 Å². The van der Waals surface area contributed by atoms with Crippen molar-refractivity contribution in [2.45, 2.75) is 31.4 Å². The molecule has 5 fully saturated rings. The fourth-order valence-electron chi connectivity index (χ4n) is 5.34. The molecule has 3 aliphatic heterocycles. The molecule has 0 nitrogen and oxygen atoms in total. The second-order valence-corrected chi connectivity index (χ2v) is 8.89. The van der Waals surface area contributed by atoms with Gasteiger partial charge in [0.2, 0.25) is 0 Å². The minimum absolute atomic E-state index is 0.745. The summed E-state index contributed by atoms with van der Waals surface area (Å²) in [7, 11) is 0.830. The first-order chi connectivity index (χ1) is 6.19. The average Bonchev–Trinajstić information content (AvgIpc) is 2.70. The summed E-state index contributed by atoms with van der Waals surface area (Å²) in [5.74, 6) is 9.20. The largest absolute Gasteiger partial charge is 0.126 e. The van der Waals surface area contributed by atoms with E-state index in [9.17, 15) is 0 Å². The van der Waals surface area contributed by atoms with E-state index in [0.29, 0.717) is 0 Å². The van der Waals surface area contributed by atoms with E-state index in [1.54, 1.807) is 24.3 Å². The van der Waals surface area contributed by atoms with Crippen molar-refractivity contribution in [2.75, 3.05) is 11.5 Å². The van der Waals surface area contributed by atoms with E-state index in [-0.39, 0.29) is 0 Å². The molecule has 6 bridgehead atoms. The Kier molecular flexibility index (Phi) is 1.16. The highest BCUT2D eigenvalue weighted by atomic mass is 32.2. The topological polar surface area (TPSA) is 0 Å². The molecule has 0 radical (unpaired) electrons. The maximum absolute atomic E-state index is 2.59. The molecule has 2 aliphatic carbocycles. The van der Waals surface area contributed by atoms with Crippen LogP contribution in [0.5, 0.6) is 0 Å². The lowest BCUT2D eigenvalue weighted by Gasteiger charge is -2.39. The molecular formula is C12H19S+. The van der Waals surface area contributed by atoms with Crippen molar-refractivity contribution in [1.82, 2.24) is 0 Å². The number of hydrogen-bond acceptors (Lipinski definition) is 0. The highest BCUT2D eigenvalue weighted by molar-refractivity contribution is 7.98. The van der Waals surface area contributed by atoms with Crippen LogP contribution in [-0.4, -0.2) is 16.3 Å². The first-order valence-electron chi connectivity index (χ1n) is 5.87. The van der Waals surface area contributed by atoms with E-state index in [2.05, 4.69) is 13.8 Å². The molecular weight excluding hydrogens is 176 g/mol. The molecule has 4 atom stereocenters. The smallest absolute Gasteiger partial charge is 0.0492 e. The second kappa shape index (κ2) is 1.98. The van der Waals surface area contributed by atoms with Crippen LogP contribution in [0, 0.1) is 29.6 Å². The quantitative estimate of drug-likeness (QED) is 0.520. The third-order valence-electron chi connectivity index (χ3n) is 5.74. The molecule has 0 unspecified atom stereocenters. The van der Waals surface area contributed by atoms with E-state index >= 15 is 0 Å². The first kappa shape index (κ1) is 7.62. The SMILES string of the molecule is CC1(C)C2[C@@H]3CC[C@@H]2[C@H]2C[S+]1C[C@@H]23. The number of rotatable bonds is 0. The zero-order chi connectivity index (χ0) is 8.79. The molecule has 13 heavy (non-hydrogen) atoms. The van der Waals surface area contributed by atoms with Crippen molar-refractivity contribution in [2.24, 2.45) is 29.6 Å². The van der Waals surface area contributed by atoms with Gasteiger partial charge in [0.25, 0.3) is 0 Å². The van der Waals surface area contributed by atoms with Gasteiger partial charge in [0.05, 0.1) is 0 Å². The molecule has 3 heterocycles. The molecule has 0 spiro atoms. The van der Waals surface area contributed by atoms with Gasteiger partial charge < -0.3 is 0 Å². The Hall–Kier alpha value is 0.350. The third-order valence-corrected chi connectivity index (χ3v) is 9.07. The Morgan fingerprint density at radius 1 is 0.923 bits per heavy atom. The fraction of sp³-hybridized carbons (Fsp3) is 1.00. The minimum atomic E-state index is 0.745. The van der Waals surface area contributed by atoms with Crippen molar-refractivity contribution < 1.29 is 0 Å². The zero-order valence-corrected chi connectivity index (χ0v) is 9.44. The van der Waals surface area contributed by atoms with Crippen LogP contribution < -0.4 is 0 Å². The molecule has 72 valence electrons. The highest BCUT2D eigenvalue weighted by Gasteiger charge is 2.74. The predicted molar refractivity (Wildman–Crippen MR) is 57.9 cm³/mol. The van der Waals surface area contributed by atoms with Gasteiger partial charge in [0.15, 0.2) is 0 Å². The van der Waals surface area contributed by atoms with Crippen molar-refractivity contribution in [1.29, 1.82) is 0 Å². The summed E-state index contributed by atoms with van der Waals surface area (Å²) < 4.78 is 0.745. The van der Waals surface area contributed by atoms with Crippen LogP contribution in [0.2, 0.25) is 0 Å². The molecule has 0 amide bonds. The summed E-state index contributed by atoms with van der Waals surface area (Å²) in [6.07, 6.45) is 3.19. The lowest BCUT2D eigenvalue weighted by Crippen LogP contribution is -2.49. The summed E-state index contributed by atoms with van der Waals surface area (Å²) in [4.78, 5) is 0. The fourth-order valence-corrected chi connectivity index (χ4v) is 8.99. The van der Waals surface area contributed by atoms with Crippen LogP contribution in [0.4, 0.5) is 0 Å². The summed E-state index contributed by atoms with van der Waals surface area (Å²) in [6.45, 7) is 5.17. The van der Waals surface area contributed by atoms with Gasteiger partial charge in [-0.2, -0.15) is 0 Å². The maximum atomic E-state index is 2.59. The Balaban J connectivity index is 1.89. The van der Waals surface area contributed by atoms with Gasteiger partial charge >= 0.3 is 0 Å². The number of hydrogen-bond donors (Lipinski definition) is 0. The molecule has 0 aromatic heterocycles. The van der Waals surface area contributed by atoms with Gasteiger partial charge in [-0.3, -0.25) is 0 Å². The second-order valence-electron chi connectivity index (χ2n) is 6.19. The van der Waals surface area contributed by atoms with Crippen LogP contribution in [0.3, 0.4) is 0 Å². The van der Waals surface area contributed by atoms with Gasteiger partial charge in [-0.1, -0.05) is 0 Å². The van der Waals surface area contributed by atoms with Crippen molar-refractivity contribution in [3.63, 3.8) is 0 Å². The molecule has 2 saturated carbocycles. The van der Waals surface area contributed by atoms with Gasteiger partial charge in [-0.25, -0.2) is 0 Å². The minimum Gasteiger partial charge on any atom is -0.0492 e. The summed E-state index contributed by atoms with van der Waals surface area (Å²) in [5, 5.41) is 0. The lowest BCUT2D eigenvalue weighted by molar-refractivity contribution is 0.281. The van der Waals surface area contributed by atoms with Crippen LogP contribution in [0.1, 0.15) is 26.7 Å². The Bertz CT molecular complexity index is 250. The third kappa shape index (κ3) is 0.643. The average molecular weight is 195 g/mol. The molecule has 3 saturated heterocycles. The lowest BCUT2D eigenvalue weighted by atomic mass is 9.82. The van der Waals surface area contributed by atoms with Crippen molar-refractivity contribution in [3.05, 3.63) is 0 Å². The Morgan fingerprint density at radius 2 is 1.46 bits per heavy atom. The molecule has 5 aliphatic rings. The van der Waals surface area contributed by atoms with Crippen molar-refractivity contribution >= 4 is 10.9 Å². The van der Waals surface area contributed by atoms with Gasteiger partial charge in [-0.15, -0.1) is 0 Å². The van der Waals surface area contributed by atoms with E-state index in [0.717, 1.165) is 21.6 Å². The van der Waals surface area contributed by atoms with E-state index in [4.69, 9.17) is 0 Å². The van der Waals surface area contributed by atoms with Crippen molar-refractivity contribution in [3.8, 4) is 0 Å².